The number of esters is 1. The summed E-state index contributed by atoms with van der Waals surface area (Å²) in [5, 5.41) is 2.77. The van der Waals surface area contributed by atoms with Gasteiger partial charge in [-0.05, 0) is 54.1 Å². The Morgan fingerprint density at radius 2 is 1.64 bits per heavy atom. The number of thioether (sulfide) groups is 1. The molecule has 0 aliphatic carbocycles. The second-order valence-corrected chi connectivity index (χ2v) is 10.8. The quantitative estimate of drug-likeness (QED) is 0.354. The predicted molar refractivity (Wildman–Crippen MR) is 137 cm³/mol. The van der Waals surface area contributed by atoms with Crippen LogP contribution >= 0.6 is 11.8 Å². The fraction of sp³-hybridized carbons (Fsp3) is 0.154. The Bertz CT molecular complexity index is 1440. The maximum Gasteiger partial charge on any atom is 0.337 e. The minimum atomic E-state index is -3.78. The summed E-state index contributed by atoms with van der Waals surface area (Å²) in [7, 11) is 0.467. The van der Waals surface area contributed by atoms with Crippen molar-refractivity contribution in [1.82, 2.24) is 0 Å². The Labute approximate surface area is 213 Å². The van der Waals surface area contributed by atoms with Crippen molar-refractivity contribution in [3.05, 3.63) is 82.3 Å². The number of methoxy groups -OCH3 is 3. The van der Waals surface area contributed by atoms with Crippen molar-refractivity contribution in [2.75, 3.05) is 26.6 Å². The van der Waals surface area contributed by atoms with Gasteiger partial charge in [-0.25, -0.2) is 13.2 Å². The van der Waals surface area contributed by atoms with E-state index < -0.39 is 15.8 Å². The lowest BCUT2D eigenvalue weighted by atomic mass is 10.1. The Morgan fingerprint density at radius 3 is 2.25 bits per heavy atom. The number of nitrogens with one attached hydrogen (secondary N) is 1. The van der Waals surface area contributed by atoms with E-state index in [1.54, 1.807) is 54.6 Å². The van der Waals surface area contributed by atoms with Gasteiger partial charge in [-0.2, -0.15) is 0 Å². The average molecular weight is 526 g/mol. The largest absolute Gasteiger partial charge is 0.496 e. The van der Waals surface area contributed by atoms with Crippen LogP contribution in [0.1, 0.15) is 21.5 Å². The summed E-state index contributed by atoms with van der Waals surface area (Å²) in [5.74, 6) is -0.302. The van der Waals surface area contributed by atoms with Gasteiger partial charge in [0, 0.05) is 4.90 Å². The summed E-state index contributed by atoms with van der Waals surface area (Å²) in [6.45, 7) is 0. The Morgan fingerprint density at radius 1 is 0.972 bits per heavy atom. The molecule has 3 aromatic rings. The van der Waals surface area contributed by atoms with Gasteiger partial charge in [-0.1, -0.05) is 30.0 Å². The first-order valence-corrected chi connectivity index (χ1v) is 13.2. The number of rotatable bonds is 7. The molecule has 0 unspecified atom stereocenters. The summed E-state index contributed by atoms with van der Waals surface area (Å²) in [6, 6.07) is 16.4. The van der Waals surface area contributed by atoms with Gasteiger partial charge in [0.25, 0.3) is 5.91 Å². The molecule has 8 nitrogen and oxygen atoms in total. The fourth-order valence-corrected chi connectivity index (χ4v) is 6.00. The van der Waals surface area contributed by atoms with Crippen LogP contribution in [-0.4, -0.2) is 41.6 Å². The van der Waals surface area contributed by atoms with Crippen LogP contribution in [0.5, 0.6) is 11.5 Å². The van der Waals surface area contributed by atoms with Crippen molar-refractivity contribution in [2.45, 2.75) is 15.5 Å². The third-order valence-corrected chi connectivity index (χ3v) is 8.24. The maximum atomic E-state index is 13.2. The van der Waals surface area contributed by atoms with Crippen LogP contribution in [0.4, 0.5) is 5.69 Å². The molecular weight excluding hydrogens is 502 g/mol. The lowest BCUT2D eigenvalue weighted by Gasteiger charge is -2.20. The standard InChI is InChI=1S/C26H23NO7S2/c1-32-21-5-4-6-22(33-2)19(21)15-36(30,31)18-11-12-23-20(14-18)27-25(28)24(35-23)13-16-7-9-17(10-8-16)26(29)34-3/h4-14H,15H2,1-3H3,(H,27,28)/b24-13+. The molecule has 1 heterocycles. The number of fused-ring (bicyclic) bond motifs is 1. The molecule has 0 bridgehead atoms. The van der Waals surface area contributed by atoms with E-state index in [4.69, 9.17) is 14.2 Å². The van der Waals surface area contributed by atoms with Gasteiger partial charge in [0.1, 0.15) is 11.5 Å². The summed E-state index contributed by atoms with van der Waals surface area (Å²) < 4.78 is 41.8. The van der Waals surface area contributed by atoms with Gasteiger partial charge in [0.15, 0.2) is 9.84 Å². The summed E-state index contributed by atoms with van der Waals surface area (Å²) in [6.07, 6.45) is 1.70. The minimum Gasteiger partial charge on any atom is -0.496 e. The first-order chi connectivity index (χ1) is 17.2. The smallest absolute Gasteiger partial charge is 0.337 e. The summed E-state index contributed by atoms with van der Waals surface area (Å²) >= 11 is 1.23. The molecule has 4 rings (SSSR count). The monoisotopic (exact) mass is 525 g/mol. The second kappa shape index (κ2) is 10.5. The highest BCUT2D eigenvalue weighted by molar-refractivity contribution is 8.04. The van der Waals surface area contributed by atoms with Gasteiger partial charge in [0.2, 0.25) is 0 Å². The lowest BCUT2D eigenvalue weighted by molar-refractivity contribution is -0.112. The molecule has 0 atom stereocenters. The normalized spacial score (nSPS) is 14.1. The number of hydrogen-bond donors (Lipinski definition) is 1. The highest BCUT2D eigenvalue weighted by atomic mass is 32.2. The van der Waals surface area contributed by atoms with E-state index >= 15 is 0 Å². The van der Waals surface area contributed by atoms with Crippen LogP contribution < -0.4 is 14.8 Å². The van der Waals surface area contributed by atoms with Crippen LogP contribution in [0.2, 0.25) is 0 Å². The van der Waals surface area contributed by atoms with Gasteiger partial charge in [-0.3, -0.25) is 4.79 Å². The predicted octanol–water partition coefficient (Wildman–Crippen LogP) is 4.55. The van der Waals surface area contributed by atoms with Crippen molar-refractivity contribution >= 4 is 45.2 Å². The van der Waals surface area contributed by atoms with E-state index in [1.807, 2.05) is 0 Å². The molecule has 0 fully saturated rings. The zero-order valence-electron chi connectivity index (χ0n) is 19.7. The number of benzene rings is 3. The van der Waals surface area contributed by atoms with E-state index in [-0.39, 0.29) is 16.6 Å². The van der Waals surface area contributed by atoms with E-state index in [2.05, 4.69) is 5.32 Å². The van der Waals surface area contributed by atoms with E-state index in [0.29, 0.717) is 38.1 Å². The van der Waals surface area contributed by atoms with Crippen molar-refractivity contribution in [3.63, 3.8) is 0 Å². The van der Waals surface area contributed by atoms with Crippen LogP contribution in [0, 0.1) is 0 Å². The molecule has 0 saturated heterocycles. The van der Waals surface area contributed by atoms with Gasteiger partial charge >= 0.3 is 5.97 Å². The minimum absolute atomic E-state index is 0.0703. The first kappa shape index (κ1) is 25.3. The zero-order chi connectivity index (χ0) is 25.9. The Kier molecular flexibility index (Phi) is 7.37. The molecular formula is C26H23NO7S2. The highest BCUT2D eigenvalue weighted by Crippen LogP contribution is 2.41. The zero-order valence-corrected chi connectivity index (χ0v) is 21.4. The molecule has 1 amide bonds. The van der Waals surface area contributed by atoms with E-state index in [1.165, 1.54) is 45.2 Å². The van der Waals surface area contributed by atoms with Gasteiger partial charge in [0.05, 0.1) is 53.7 Å². The van der Waals surface area contributed by atoms with Crippen molar-refractivity contribution in [1.29, 1.82) is 0 Å². The number of carbonyl (C=O) groups excluding carboxylic acids is 2. The van der Waals surface area contributed by atoms with Gasteiger partial charge in [-0.15, -0.1) is 0 Å². The molecule has 10 heteroatoms. The lowest BCUT2D eigenvalue weighted by Crippen LogP contribution is -2.18. The topological polar surface area (TPSA) is 108 Å². The number of ether oxygens (including phenoxy) is 3. The van der Waals surface area contributed by atoms with Crippen LogP contribution in [0.3, 0.4) is 0 Å². The molecule has 1 aliphatic rings. The fourth-order valence-electron chi connectivity index (χ4n) is 3.66. The third-order valence-electron chi connectivity index (χ3n) is 5.50. The molecule has 0 saturated carbocycles. The SMILES string of the molecule is COC(=O)c1ccc(/C=C2/Sc3ccc(S(=O)(=O)Cc4c(OC)cccc4OC)cc3NC2=O)cc1. The van der Waals surface area contributed by atoms with Gasteiger partial charge < -0.3 is 19.5 Å². The van der Waals surface area contributed by atoms with E-state index in [0.717, 1.165) is 5.56 Å². The average Bonchev–Trinajstić information content (AvgIpc) is 2.88. The summed E-state index contributed by atoms with van der Waals surface area (Å²) in [4.78, 5) is 25.6. The number of amides is 1. The second-order valence-electron chi connectivity index (χ2n) is 7.74. The van der Waals surface area contributed by atoms with Crippen molar-refractivity contribution in [3.8, 4) is 11.5 Å². The molecule has 0 spiro atoms. The van der Waals surface area contributed by atoms with Crippen LogP contribution in [0.15, 0.2) is 75.4 Å². The number of sulfone groups is 1. The van der Waals surface area contributed by atoms with Crippen LogP contribution in [0.25, 0.3) is 6.08 Å². The van der Waals surface area contributed by atoms with Crippen LogP contribution in [-0.2, 0) is 25.1 Å². The number of hydrogen-bond acceptors (Lipinski definition) is 8. The Balaban J connectivity index is 1.59. The van der Waals surface area contributed by atoms with Crippen molar-refractivity contribution < 1.29 is 32.2 Å². The molecule has 1 aliphatic heterocycles. The maximum absolute atomic E-state index is 13.2. The summed E-state index contributed by atoms with van der Waals surface area (Å²) in [5.41, 5.74) is 1.97. The Hall–Kier alpha value is -3.76. The molecule has 3 aromatic carbocycles. The molecule has 0 aromatic heterocycles. The number of carbonyl (C=O) groups is 2. The molecule has 0 radical (unpaired) electrons. The highest BCUT2D eigenvalue weighted by Gasteiger charge is 2.26. The van der Waals surface area contributed by atoms with E-state index in [9.17, 15) is 18.0 Å². The third kappa shape index (κ3) is 5.24. The number of anilines is 1. The van der Waals surface area contributed by atoms with Crippen molar-refractivity contribution in [2.24, 2.45) is 0 Å². The molecule has 1 N–H and O–H groups in total. The molecule has 36 heavy (non-hydrogen) atoms. The first-order valence-electron chi connectivity index (χ1n) is 10.7. The molecule has 186 valence electrons.